The molecule has 3 aromatic rings. The number of nitrogens with one attached hydrogen (secondary N) is 1. The molecule has 1 aliphatic heterocycles. The lowest BCUT2D eigenvalue weighted by Crippen LogP contribution is -2.38. The third-order valence-corrected chi connectivity index (χ3v) is 5.59. The van der Waals surface area contributed by atoms with E-state index in [1.807, 2.05) is 0 Å². The number of rotatable bonds is 4. The fraction of sp³-hybridized carbons (Fsp3) is 0.318. The Morgan fingerprint density at radius 2 is 1.81 bits per heavy atom. The van der Waals surface area contributed by atoms with Crippen LogP contribution in [0.15, 0.2) is 30.5 Å². The zero-order valence-electron chi connectivity index (χ0n) is 17.4. The molecule has 3 heterocycles. The molecular formula is C22H23FN6O2. The van der Waals surface area contributed by atoms with Crippen molar-refractivity contribution in [3.8, 4) is 11.3 Å². The number of nitrogens with two attached hydrogens (primary N) is 1. The lowest BCUT2D eigenvalue weighted by molar-refractivity contribution is 0.0709. The summed E-state index contributed by atoms with van der Waals surface area (Å²) in [7, 11) is 0. The van der Waals surface area contributed by atoms with Gasteiger partial charge in [0.15, 0.2) is 0 Å². The summed E-state index contributed by atoms with van der Waals surface area (Å²) in [4.78, 5) is 42.7. The highest BCUT2D eigenvalue weighted by Crippen LogP contribution is 2.30. The zero-order chi connectivity index (χ0) is 22.1. The van der Waals surface area contributed by atoms with Crippen LogP contribution in [0.1, 0.15) is 56.9 Å². The summed E-state index contributed by atoms with van der Waals surface area (Å²) >= 11 is 0. The van der Waals surface area contributed by atoms with E-state index in [4.69, 9.17) is 5.73 Å². The Kier molecular flexibility index (Phi) is 5.50. The number of piperidine rings is 1. The minimum atomic E-state index is -0.625. The number of aryl methyl sites for hydroxylation is 2. The number of aromatic amines is 1. The van der Waals surface area contributed by atoms with E-state index in [-0.39, 0.29) is 23.3 Å². The zero-order valence-corrected chi connectivity index (χ0v) is 17.4. The van der Waals surface area contributed by atoms with Crippen molar-refractivity contribution < 1.29 is 14.0 Å². The molecule has 1 fully saturated rings. The highest BCUT2D eigenvalue weighted by molar-refractivity contribution is 5.97. The number of aromatic nitrogens is 4. The Morgan fingerprint density at radius 3 is 2.42 bits per heavy atom. The molecule has 1 aromatic carbocycles. The van der Waals surface area contributed by atoms with Crippen molar-refractivity contribution in [2.45, 2.75) is 32.6 Å². The summed E-state index contributed by atoms with van der Waals surface area (Å²) in [6, 6.07) is 5.76. The molecule has 4 rings (SSSR count). The first-order chi connectivity index (χ1) is 14.8. The predicted octanol–water partition coefficient (Wildman–Crippen LogP) is 2.74. The Labute approximate surface area is 178 Å². The van der Waals surface area contributed by atoms with E-state index in [2.05, 4.69) is 19.9 Å². The van der Waals surface area contributed by atoms with E-state index in [1.165, 1.54) is 12.1 Å². The number of hydrogen-bond acceptors (Lipinski definition) is 5. The van der Waals surface area contributed by atoms with Gasteiger partial charge in [-0.1, -0.05) is 0 Å². The van der Waals surface area contributed by atoms with Crippen molar-refractivity contribution >= 4 is 11.8 Å². The standard InChI is InChI=1S/C22H23FN6O2/c1-12-17(11-25-13(2)26-12)22(31)29-9-7-15(8-10-29)21-27-18(19(28-21)20(24)30)14-3-5-16(23)6-4-14/h3-6,11,15H,7-10H2,1-2H3,(H2,24,30)(H,27,28). The molecule has 0 aliphatic carbocycles. The van der Waals surface area contributed by atoms with Crippen LogP contribution in [0, 0.1) is 19.7 Å². The molecule has 3 N–H and O–H groups in total. The van der Waals surface area contributed by atoms with Crippen molar-refractivity contribution in [2.24, 2.45) is 5.73 Å². The third kappa shape index (κ3) is 4.16. The molecule has 0 saturated carbocycles. The molecule has 0 atom stereocenters. The predicted molar refractivity (Wildman–Crippen MR) is 112 cm³/mol. The van der Waals surface area contributed by atoms with Gasteiger partial charge in [0.2, 0.25) is 0 Å². The first-order valence-electron chi connectivity index (χ1n) is 10.1. The van der Waals surface area contributed by atoms with Gasteiger partial charge in [-0.05, 0) is 51.0 Å². The number of benzene rings is 1. The van der Waals surface area contributed by atoms with Gasteiger partial charge in [-0.2, -0.15) is 0 Å². The van der Waals surface area contributed by atoms with Crippen LogP contribution in [0.4, 0.5) is 4.39 Å². The molecule has 1 aliphatic rings. The molecule has 0 bridgehead atoms. The largest absolute Gasteiger partial charge is 0.364 e. The van der Waals surface area contributed by atoms with E-state index in [1.54, 1.807) is 37.1 Å². The SMILES string of the molecule is Cc1ncc(C(=O)N2CCC(c3nc(-c4ccc(F)cc4)c(C(N)=O)[nH]3)CC2)c(C)n1. The second-order valence-electron chi connectivity index (χ2n) is 7.70. The second-order valence-corrected chi connectivity index (χ2v) is 7.70. The van der Waals surface area contributed by atoms with Crippen molar-refractivity contribution in [1.82, 2.24) is 24.8 Å². The normalized spacial score (nSPS) is 14.6. The van der Waals surface area contributed by atoms with Crippen molar-refractivity contribution in [3.05, 3.63) is 64.9 Å². The van der Waals surface area contributed by atoms with Gasteiger partial charge in [-0.15, -0.1) is 0 Å². The number of amides is 2. The summed E-state index contributed by atoms with van der Waals surface area (Å²) in [5, 5.41) is 0. The first-order valence-corrected chi connectivity index (χ1v) is 10.1. The Bertz CT molecular complexity index is 1130. The lowest BCUT2D eigenvalue weighted by atomic mass is 9.95. The molecule has 2 aromatic heterocycles. The maximum atomic E-state index is 13.3. The summed E-state index contributed by atoms with van der Waals surface area (Å²) in [6.45, 7) is 4.70. The number of imidazole rings is 1. The molecule has 1 saturated heterocycles. The number of nitrogens with zero attached hydrogens (tertiary/aromatic N) is 4. The van der Waals surface area contributed by atoms with Crippen LogP contribution in [-0.4, -0.2) is 49.7 Å². The monoisotopic (exact) mass is 422 g/mol. The minimum Gasteiger partial charge on any atom is -0.364 e. The topological polar surface area (TPSA) is 118 Å². The summed E-state index contributed by atoms with van der Waals surface area (Å²) in [5.74, 6) is 0.252. The smallest absolute Gasteiger partial charge is 0.267 e. The number of halogens is 1. The number of H-pyrrole nitrogens is 1. The van der Waals surface area contributed by atoms with E-state index in [0.29, 0.717) is 60.1 Å². The molecule has 160 valence electrons. The highest BCUT2D eigenvalue weighted by atomic mass is 19.1. The van der Waals surface area contributed by atoms with E-state index < -0.39 is 5.91 Å². The molecule has 8 nitrogen and oxygen atoms in total. The fourth-order valence-corrected chi connectivity index (χ4v) is 3.90. The van der Waals surface area contributed by atoms with Gasteiger partial charge in [0, 0.05) is 30.8 Å². The number of primary amides is 1. The number of carbonyl (C=O) groups excluding carboxylic acids is 2. The Morgan fingerprint density at radius 1 is 1.13 bits per heavy atom. The minimum absolute atomic E-state index is 0.0479. The molecule has 0 spiro atoms. The Hall–Kier alpha value is -3.62. The molecule has 0 unspecified atom stereocenters. The number of hydrogen-bond donors (Lipinski definition) is 2. The molecule has 9 heteroatoms. The molecular weight excluding hydrogens is 399 g/mol. The third-order valence-electron chi connectivity index (χ3n) is 5.59. The van der Waals surface area contributed by atoms with Crippen LogP contribution in [0.25, 0.3) is 11.3 Å². The maximum Gasteiger partial charge on any atom is 0.267 e. The van der Waals surface area contributed by atoms with Crippen LogP contribution in [0.2, 0.25) is 0 Å². The number of likely N-dealkylation sites (tertiary alicyclic amines) is 1. The van der Waals surface area contributed by atoms with E-state index in [9.17, 15) is 14.0 Å². The highest BCUT2D eigenvalue weighted by Gasteiger charge is 2.29. The summed E-state index contributed by atoms with van der Waals surface area (Å²) < 4.78 is 13.3. The molecule has 0 radical (unpaired) electrons. The molecule has 31 heavy (non-hydrogen) atoms. The lowest BCUT2D eigenvalue weighted by Gasteiger charge is -2.31. The van der Waals surface area contributed by atoms with Crippen molar-refractivity contribution in [2.75, 3.05) is 13.1 Å². The van der Waals surface area contributed by atoms with Gasteiger partial charge in [0.25, 0.3) is 11.8 Å². The van der Waals surface area contributed by atoms with Gasteiger partial charge < -0.3 is 15.6 Å². The van der Waals surface area contributed by atoms with Gasteiger partial charge in [-0.25, -0.2) is 19.3 Å². The van der Waals surface area contributed by atoms with Crippen LogP contribution in [0.3, 0.4) is 0 Å². The number of carbonyl (C=O) groups is 2. The van der Waals surface area contributed by atoms with Gasteiger partial charge in [0.1, 0.15) is 28.9 Å². The van der Waals surface area contributed by atoms with Crippen molar-refractivity contribution in [1.29, 1.82) is 0 Å². The van der Waals surface area contributed by atoms with Crippen molar-refractivity contribution in [3.63, 3.8) is 0 Å². The van der Waals surface area contributed by atoms with Crippen LogP contribution >= 0.6 is 0 Å². The van der Waals surface area contributed by atoms with Gasteiger partial charge >= 0.3 is 0 Å². The van der Waals surface area contributed by atoms with Gasteiger partial charge in [0.05, 0.1) is 11.3 Å². The molecule has 2 amide bonds. The van der Waals surface area contributed by atoms with E-state index in [0.717, 1.165) is 0 Å². The van der Waals surface area contributed by atoms with E-state index >= 15 is 0 Å². The van der Waals surface area contributed by atoms with Gasteiger partial charge in [-0.3, -0.25) is 9.59 Å². The van der Waals surface area contributed by atoms with Crippen LogP contribution < -0.4 is 5.73 Å². The maximum absolute atomic E-state index is 13.3. The quantitative estimate of drug-likeness (QED) is 0.670. The van der Waals surface area contributed by atoms with Crippen LogP contribution in [0.5, 0.6) is 0 Å². The average Bonchev–Trinajstić information content (AvgIpc) is 3.20. The second kappa shape index (κ2) is 8.25. The Balaban J connectivity index is 1.51. The first kappa shape index (κ1) is 20.6. The average molecular weight is 422 g/mol. The van der Waals surface area contributed by atoms with Crippen LogP contribution in [-0.2, 0) is 0 Å². The summed E-state index contributed by atoms with van der Waals surface area (Å²) in [5.41, 5.74) is 7.93. The fourth-order valence-electron chi connectivity index (χ4n) is 3.90. The summed E-state index contributed by atoms with van der Waals surface area (Å²) in [6.07, 6.45) is 2.95.